The van der Waals surface area contributed by atoms with E-state index in [1.165, 1.54) is 0 Å². The number of anilines is 1. The zero-order valence-corrected chi connectivity index (χ0v) is 17.4. The zero-order chi connectivity index (χ0) is 21.1. The molecular formula is C25H30NO4. The smallest absolute Gasteiger partial charge is 0.343 e. The lowest BCUT2D eigenvalue weighted by Gasteiger charge is -2.22. The molecular weight excluding hydrogens is 378 g/mol. The third-order valence-electron chi connectivity index (χ3n) is 6.23. The van der Waals surface area contributed by atoms with E-state index in [0.29, 0.717) is 42.2 Å². The maximum absolute atomic E-state index is 13.0. The van der Waals surface area contributed by atoms with Gasteiger partial charge in [0.05, 0.1) is 5.56 Å². The van der Waals surface area contributed by atoms with Crippen molar-refractivity contribution >= 4 is 11.6 Å². The molecule has 30 heavy (non-hydrogen) atoms. The van der Waals surface area contributed by atoms with Crippen LogP contribution in [0.5, 0.6) is 5.75 Å². The molecule has 2 N–H and O–H groups in total. The van der Waals surface area contributed by atoms with E-state index in [1.54, 1.807) is 0 Å². The maximum atomic E-state index is 13.0. The predicted molar refractivity (Wildman–Crippen MR) is 117 cm³/mol. The average molecular weight is 409 g/mol. The van der Waals surface area contributed by atoms with Gasteiger partial charge in [-0.15, -0.1) is 0 Å². The number of hydrogen-bond acceptors (Lipinski definition) is 4. The van der Waals surface area contributed by atoms with Crippen LogP contribution in [0.3, 0.4) is 0 Å². The molecule has 4 rings (SSSR count). The van der Waals surface area contributed by atoms with Gasteiger partial charge < -0.3 is 14.8 Å². The third-order valence-corrected chi connectivity index (χ3v) is 6.23. The number of hydrogen-bond donors (Lipinski definition) is 2. The number of carbonyl (C=O) groups is 1. The molecule has 2 aliphatic rings. The SMILES string of the molecule is [CH2]CCC(=O)Nc1cccc(C(c2c(O)c3c(oc2=O)CCCCCC3)C2CC2)c1. The molecule has 0 saturated heterocycles. The van der Waals surface area contributed by atoms with Crippen molar-refractivity contribution in [3.63, 3.8) is 0 Å². The van der Waals surface area contributed by atoms with Crippen LogP contribution in [0, 0.1) is 12.8 Å². The molecule has 1 unspecified atom stereocenters. The second kappa shape index (κ2) is 9.07. The third kappa shape index (κ3) is 4.45. The number of benzene rings is 1. The van der Waals surface area contributed by atoms with Crippen molar-refractivity contribution in [2.45, 2.75) is 70.1 Å². The van der Waals surface area contributed by atoms with Crippen molar-refractivity contribution in [1.29, 1.82) is 0 Å². The van der Waals surface area contributed by atoms with Gasteiger partial charge in [-0.25, -0.2) is 4.79 Å². The molecule has 0 spiro atoms. The van der Waals surface area contributed by atoms with Gasteiger partial charge in [-0.05, 0) is 62.1 Å². The minimum Gasteiger partial charge on any atom is -0.507 e. The fourth-order valence-corrected chi connectivity index (χ4v) is 4.59. The number of aromatic hydroxyl groups is 1. The summed E-state index contributed by atoms with van der Waals surface area (Å²) in [6, 6.07) is 7.61. The first-order chi connectivity index (χ1) is 14.6. The van der Waals surface area contributed by atoms with Gasteiger partial charge in [-0.1, -0.05) is 31.9 Å². The number of fused-ring (bicyclic) bond motifs is 1. The van der Waals surface area contributed by atoms with E-state index < -0.39 is 5.63 Å². The Bertz CT molecular complexity index is 974. The van der Waals surface area contributed by atoms with Gasteiger partial charge in [-0.3, -0.25) is 4.79 Å². The summed E-state index contributed by atoms with van der Waals surface area (Å²) in [5, 5.41) is 14.1. The fourth-order valence-electron chi connectivity index (χ4n) is 4.59. The summed E-state index contributed by atoms with van der Waals surface area (Å²) in [4.78, 5) is 25.0. The van der Waals surface area contributed by atoms with E-state index in [2.05, 4.69) is 12.2 Å². The quantitative estimate of drug-likeness (QED) is 0.697. The van der Waals surface area contributed by atoms with Crippen LogP contribution in [0.2, 0.25) is 0 Å². The van der Waals surface area contributed by atoms with Crippen molar-refractivity contribution < 1.29 is 14.3 Å². The number of nitrogens with one attached hydrogen (secondary N) is 1. The first-order valence-corrected chi connectivity index (χ1v) is 11.1. The normalized spacial score (nSPS) is 17.5. The molecule has 159 valence electrons. The van der Waals surface area contributed by atoms with Gasteiger partial charge in [0.25, 0.3) is 0 Å². The van der Waals surface area contributed by atoms with E-state index in [9.17, 15) is 14.7 Å². The minimum absolute atomic E-state index is 0.0754. The van der Waals surface area contributed by atoms with Gasteiger partial charge in [0.2, 0.25) is 5.91 Å². The number of rotatable bonds is 6. The van der Waals surface area contributed by atoms with Crippen LogP contribution in [0.1, 0.15) is 79.7 Å². The van der Waals surface area contributed by atoms with Gasteiger partial charge in [0.15, 0.2) is 0 Å². The van der Waals surface area contributed by atoms with Crippen LogP contribution >= 0.6 is 0 Å². The lowest BCUT2D eigenvalue weighted by Crippen LogP contribution is -2.19. The number of carbonyl (C=O) groups excluding carboxylic acids is 1. The largest absolute Gasteiger partial charge is 0.507 e. The van der Waals surface area contributed by atoms with Gasteiger partial charge in [0.1, 0.15) is 11.5 Å². The Kier molecular flexibility index (Phi) is 6.26. The van der Waals surface area contributed by atoms with E-state index in [1.807, 2.05) is 24.3 Å². The Labute approximate surface area is 177 Å². The molecule has 1 fully saturated rings. The highest BCUT2D eigenvalue weighted by Crippen LogP contribution is 2.49. The summed E-state index contributed by atoms with van der Waals surface area (Å²) in [6.45, 7) is 3.72. The molecule has 1 heterocycles. The van der Waals surface area contributed by atoms with Crippen LogP contribution in [0.25, 0.3) is 0 Å². The molecule has 1 atom stereocenters. The molecule has 5 nitrogen and oxygen atoms in total. The number of aryl methyl sites for hydroxylation is 1. The van der Waals surface area contributed by atoms with Crippen LogP contribution < -0.4 is 10.9 Å². The molecule has 5 heteroatoms. The maximum Gasteiger partial charge on any atom is 0.343 e. The molecule has 0 aliphatic heterocycles. The van der Waals surface area contributed by atoms with Gasteiger partial charge in [-0.2, -0.15) is 0 Å². The topological polar surface area (TPSA) is 79.5 Å². The van der Waals surface area contributed by atoms with E-state index in [0.717, 1.165) is 56.1 Å². The molecule has 1 saturated carbocycles. The minimum atomic E-state index is -0.421. The molecule has 1 aromatic carbocycles. The van der Waals surface area contributed by atoms with Gasteiger partial charge in [0, 0.05) is 30.0 Å². The summed E-state index contributed by atoms with van der Waals surface area (Å²) >= 11 is 0. The van der Waals surface area contributed by atoms with E-state index in [-0.39, 0.29) is 17.6 Å². The predicted octanol–water partition coefficient (Wildman–Crippen LogP) is 5.10. The fraction of sp³-hybridized carbons (Fsp3) is 0.480. The molecule has 1 aromatic heterocycles. The van der Waals surface area contributed by atoms with Crippen molar-refractivity contribution in [2.24, 2.45) is 5.92 Å². The zero-order valence-electron chi connectivity index (χ0n) is 17.4. The lowest BCUT2D eigenvalue weighted by atomic mass is 9.85. The van der Waals surface area contributed by atoms with Crippen LogP contribution in [0.4, 0.5) is 5.69 Å². The Morgan fingerprint density at radius 2 is 1.97 bits per heavy atom. The van der Waals surface area contributed by atoms with E-state index >= 15 is 0 Å². The van der Waals surface area contributed by atoms with Crippen molar-refractivity contribution in [2.75, 3.05) is 5.32 Å². The van der Waals surface area contributed by atoms with Crippen molar-refractivity contribution in [3.8, 4) is 5.75 Å². The van der Waals surface area contributed by atoms with Crippen molar-refractivity contribution in [3.05, 3.63) is 64.1 Å². The molecule has 2 aliphatic carbocycles. The first kappa shape index (κ1) is 20.7. The summed E-state index contributed by atoms with van der Waals surface area (Å²) < 4.78 is 5.76. The molecule has 2 aromatic rings. The Balaban J connectivity index is 1.73. The molecule has 1 radical (unpaired) electrons. The highest BCUT2D eigenvalue weighted by atomic mass is 16.4. The summed E-state index contributed by atoms with van der Waals surface area (Å²) in [5.41, 5.74) is 2.41. The van der Waals surface area contributed by atoms with Gasteiger partial charge >= 0.3 is 5.63 Å². The highest BCUT2D eigenvalue weighted by molar-refractivity contribution is 5.90. The lowest BCUT2D eigenvalue weighted by molar-refractivity contribution is -0.116. The van der Waals surface area contributed by atoms with Crippen LogP contribution in [-0.4, -0.2) is 11.0 Å². The Morgan fingerprint density at radius 1 is 1.20 bits per heavy atom. The molecule has 1 amide bonds. The van der Waals surface area contributed by atoms with Crippen LogP contribution in [0.15, 0.2) is 33.5 Å². The Hall–Kier alpha value is -2.56. The van der Waals surface area contributed by atoms with Crippen LogP contribution in [-0.2, 0) is 17.6 Å². The monoisotopic (exact) mass is 408 g/mol. The summed E-state index contributed by atoms with van der Waals surface area (Å²) in [6.07, 6.45) is 8.63. The summed E-state index contributed by atoms with van der Waals surface area (Å²) in [5.74, 6) is 0.794. The first-order valence-electron chi connectivity index (χ1n) is 11.1. The highest BCUT2D eigenvalue weighted by Gasteiger charge is 2.38. The average Bonchev–Trinajstić information content (AvgIpc) is 3.52. The second-order valence-electron chi connectivity index (χ2n) is 8.56. The Morgan fingerprint density at radius 3 is 2.70 bits per heavy atom. The standard InChI is InChI=1S/C25H30NO4/c1-2-8-21(27)26-18-10-7-9-17(15-18)22(16-13-14-16)23-24(28)19-11-5-3-4-6-12-20(19)30-25(23)29/h7,9-10,15-16,22,28H,1-6,8,11-14H2,(H,26,27). The second-order valence-corrected chi connectivity index (χ2v) is 8.56. The van der Waals surface area contributed by atoms with E-state index in [4.69, 9.17) is 4.42 Å². The molecule has 0 bridgehead atoms. The van der Waals surface area contributed by atoms with Crippen molar-refractivity contribution in [1.82, 2.24) is 0 Å². The number of amides is 1. The summed E-state index contributed by atoms with van der Waals surface area (Å²) in [7, 11) is 0.